The summed E-state index contributed by atoms with van der Waals surface area (Å²) in [4.78, 5) is 0. The maximum atomic E-state index is 6.53. The molecule has 4 nitrogen and oxygen atoms in total. The van der Waals surface area contributed by atoms with E-state index in [-0.39, 0.29) is 27.9 Å². The van der Waals surface area contributed by atoms with Crippen LogP contribution in [0.25, 0.3) is 0 Å². The molecule has 0 spiro atoms. The number of hydrogen-bond donors (Lipinski definition) is 1. The van der Waals surface area contributed by atoms with E-state index in [0.29, 0.717) is 0 Å². The second-order valence-electron chi connectivity index (χ2n) is 7.92. The Bertz CT molecular complexity index is 370. The summed E-state index contributed by atoms with van der Waals surface area (Å²) >= 11 is 1.64. The molecule has 114 valence electrons. The van der Waals surface area contributed by atoms with Crippen LogP contribution in [0.2, 0.25) is 18.1 Å². The minimum atomic E-state index is -1.74. The molecule has 20 heavy (non-hydrogen) atoms. The van der Waals surface area contributed by atoms with Crippen LogP contribution in [0, 0.1) is 0 Å². The third-order valence-electron chi connectivity index (χ3n) is 4.72. The Morgan fingerprint density at radius 3 is 2.45 bits per heavy atom. The second-order valence-corrected chi connectivity index (χ2v) is 14.1. The van der Waals surface area contributed by atoms with E-state index < -0.39 is 14.1 Å². The molecule has 2 radical (unpaired) electrons. The summed E-state index contributed by atoms with van der Waals surface area (Å²) in [5.74, 6) is -0.459. The molecule has 0 aromatic rings. The van der Waals surface area contributed by atoms with Gasteiger partial charge in [-0.25, -0.2) is 0 Å². The predicted molar refractivity (Wildman–Crippen MR) is 83.4 cm³/mol. The van der Waals surface area contributed by atoms with E-state index in [1.807, 2.05) is 13.8 Å². The average Bonchev–Trinajstić information content (AvgIpc) is 2.69. The van der Waals surface area contributed by atoms with Gasteiger partial charge in [0, 0.05) is 0 Å². The van der Waals surface area contributed by atoms with Gasteiger partial charge in [-0.1, -0.05) is 0 Å². The van der Waals surface area contributed by atoms with Crippen LogP contribution in [0.3, 0.4) is 0 Å². The summed E-state index contributed by atoms with van der Waals surface area (Å²) in [7, 11) is -1.74. The summed E-state index contributed by atoms with van der Waals surface area (Å²) in [6.45, 7) is 16.3. The Balaban J connectivity index is 2.02. The third-order valence-corrected chi connectivity index (χ3v) is 10.9. The molecule has 0 aliphatic carbocycles. The van der Waals surface area contributed by atoms with Gasteiger partial charge in [0.25, 0.3) is 0 Å². The van der Waals surface area contributed by atoms with Crippen molar-refractivity contribution in [3.63, 3.8) is 0 Å². The molecule has 1 N–H and O–H groups in total. The molecule has 2 fully saturated rings. The maximum absolute atomic E-state index is 6.53. The van der Waals surface area contributed by atoms with Gasteiger partial charge in [0.15, 0.2) is 0 Å². The number of nitrogens with one attached hydrogen (secondary N) is 1. The molecule has 2 aliphatic rings. The summed E-state index contributed by atoms with van der Waals surface area (Å²) in [6.07, 6.45) is 0.280. The van der Waals surface area contributed by atoms with Crippen LogP contribution in [0.4, 0.5) is 0 Å². The topological polar surface area (TPSA) is 39.7 Å². The van der Waals surface area contributed by atoms with E-state index >= 15 is 0 Å². The number of ether oxygens (including phenoxy) is 2. The number of rotatable bonds is 3. The van der Waals surface area contributed by atoms with Crippen LogP contribution < -0.4 is 5.32 Å². The van der Waals surface area contributed by atoms with Crippen molar-refractivity contribution in [2.75, 3.05) is 6.54 Å². The molecule has 0 aromatic heterocycles. The summed E-state index contributed by atoms with van der Waals surface area (Å²) in [6, 6.07) is 0.246. The van der Waals surface area contributed by atoms with Crippen molar-refractivity contribution in [1.29, 1.82) is 0 Å². The zero-order valence-corrected chi connectivity index (χ0v) is 17.2. The quantitative estimate of drug-likeness (QED) is 0.786. The van der Waals surface area contributed by atoms with E-state index in [1.54, 1.807) is 18.6 Å². The summed E-state index contributed by atoms with van der Waals surface area (Å²) < 4.78 is 18.7. The zero-order chi connectivity index (χ0) is 15.3. The van der Waals surface area contributed by atoms with Crippen molar-refractivity contribution in [3.8, 4) is 0 Å². The van der Waals surface area contributed by atoms with Gasteiger partial charge < -0.3 is 0 Å². The fourth-order valence-corrected chi connectivity index (χ4v) is 6.65. The molecule has 2 heterocycles. The first kappa shape index (κ1) is 17.1. The monoisotopic (exact) mass is 355 g/mol. The van der Waals surface area contributed by atoms with Crippen molar-refractivity contribution >= 4 is 26.9 Å². The van der Waals surface area contributed by atoms with Crippen LogP contribution in [0.5, 0.6) is 0 Å². The Morgan fingerprint density at radius 2 is 1.90 bits per heavy atom. The molecule has 0 aromatic carbocycles. The standard InChI is InChI=1S/C14H28NO3Si.Ga/c1-13(2,3)19(6,7)16-9-10-12-11(8-15-10)17-14(4,5)18-12;/h9-12,15H,8H2,1-7H3;/t10-,11-,12+;/m1./s1. The average molecular weight is 356 g/mol. The fraction of sp³-hybridized carbons (Fsp3) is 1.00. The first-order valence-electron chi connectivity index (χ1n) is 7.45. The Hall–Kier alpha value is 0.693. The van der Waals surface area contributed by atoms with Gasteiger partial charge in [0.2, 0.25) is 0 Å². The molecule has 0 amide bonds. The van der Waals surface area contributed by atoms with Crippen molar-refractivity contribution in [2.45, 2.75) is 81.4 Å². The van der Waals surface area contributed by atoms with Gasteiger partial charge in [-0.3, -0.25) is 0 Å². The van der Waals surface area contributed by atoms with Crippen molar-refractivity contribution in [3.05, 3.63) is 0 Å². The summed E-state index contributed by atoms with van der Waals surface area (Å²) in [5.41, 5.74) is 0. The van der Waals surface area contributed by atoms with Crippen molar-refractivity contribution in [2.24, 2.45) is 0 Å². The number of fused-ring (bicyclic) bond motifs is 1. The molecule has 2 saturated heterocycles. The summed E-state index contributed by atoms with van der Waals surface area (Å²) in [5, 5.41) is 3.77. The minimum absolute atomic E-state index is 0.117. The van der Waals surface area contributed by atoms with Gasteiger partial charge in [0.05, 0.1) is 0 Å². The van der Waals surface area contributed by atoms with Gasteiger partial charge in [-0.15, -0.1) is 0 Å². The molecule has 0 bridgehead atoms. The van der Waals surface area contributed by atoms with Gasteiger partial charge >= 0.3 is 134 Å². The first-order valence-corrected chi connectivity index (χ1v) is 11.8. The predicted octanol–water partition coefficient (Wildman–Crippen LogP) is 1.99. The van der Waals surface area contributed by atoms with Crippen LogP contribution in [0.1, 0.15) is 34.6 Å². The molecule has 0 unspecified atom stereocenters. The molecule has 0 saturated carbocycles. The molecular weight excluding hydrogens is 328 g/mol. The molecule has 6 heteroatoms. The van der Waals surface area contributed by atoms with Gasteiger partial charge in [0.1, 0.15) is 0 Å². The van der Waals surface area contributed by atoms with E-state index in [1.165, 1.54) is 0 Å². The molecule has 4 atom stereocenters. The third kappa shape index (κ3) is 3.37. The van der Waals surface area contributed by atoms with Crippen LogP contribution >= 0.6 is 0 Å². The van der Waals surface area contributed by atoms with E-state index in [2.05, 4.69) is 39.2 Å². The Morgan fingerprint density at radius 1 is 1.30 bits per heavy atom. The van der Waals surface area contributed by atoms with Gasteiger partial charge in [-0.05, 0) is 0 Å². The van der Waals surface area contributed by atoms with E-state index in [0.717, 1.165) is 6.54 Å². The van der Waals surface area contributed by atoms with Crippen LogP contribution in [-0.2, 0) is 13.9 Å². The van der Waals surface area contributed by atoms with E-state index in [9.17, 15) is 0 Å². The Labute approximate surface area is 134 Å². The van der Waals surface area contributed by atoms with E-state index in [4.69, 9.17) is 13.9 Å². The molecular formula is C14H28GaNO3Si. The van der Waals surface area contributed by atoms with Crippen molar-refractivity contribution in [1.82, 2.24) is 5.32 Å². The van der Waals surface area contributed by atoms with Gasteiger partial charge in [-0.2, -0.15) is 0 Å². The van der Waals surface area contributed by atoms with Crippen LogP contribution in [-0.4, -0.2) is 62.2 Å². The second kappa shape index (κ2) is 5.40. The molecule has 2 rings (SSSR count). The zero-order valence-electron chi connectivity index (χ0n) is 13.8. The van der Waals surface area contributed by atoms with Crippen LogP contribution in [0.15, 0.2) is 0 Å². The Kier molecular flexibility index (Phi) is 4.61. The van der Waals surface area contributed by atoms with Crippen molar-refractivity contribution < 1.29 is 13.9 Å². The molecule has 2 aliphatic heterocycles. The SMILES string of the molecule is CC1(C)O[C@H]2[C@@H]([C@H]([Ga])O[Si](C)(C)C(C)(C)C)NC[C@H]2O1. The fourth-order valence-electron chi connectivity index (χ4n) is 2.59. The normalized spacial score (nSPS) is 35.0. The number of hydrogen-bond acceptors (Lipinski definition) is 4. The first-order chi connectivity index (χ1) is 8.93.